The fraction of sp³-hybridized carbons (Fsp3) is 0. The Balaban J connectivity index is 2.89. The Labute approximate surface area is 79.6 Å². The minimum absolute atomic E-state index is 0.354. The highest BCUT2D eigenvalue weighted by atomic mass is 35.5. The zero-order valence-corrected chi connectivity index (χ0v) is 7.28. The van der Waals surface area contributed by atoms with Gasteiger partial charge in [0, 0.05) is 10.4 Å². The zero-order chi connectivity index (χ0) is 9.26. The molecule has 0 aliphatic rings. The molecule has 2 rings (SSSR count). The highest BCUT2D eigenvalue weighted by Gasteiger charge is 2.02. The first kappa shape index (κ1) is 7.96. The van der Waals surface area contributed by atoms with Gasteiger partial charge in [0.2, 0.25) is 0 Å². The molecule has 0 N–H and O–H groups in total. The summed E-state index contributed by atoms with van der Waals surface area (Å²) in [7, 11) is 0. The number of nitriles is 1. The Hall–Kier alpha value is -1.66. The summed E-state index contributed by atoms with van der Waals surface area (Å²) in [5.74, 6) is 0. The van der Waals surface area contributed by atoms with Gasteiger partial charge in [0.25, 0.3) is 0 Å². The van der Waals surface area contributed by atoms with Gasteiger partial charge in [-0.1, -0.05) is 11.6 Å². The van der Waals surface area contributed by atoms with Crippen molar-refractivity contribution >= 4 is 22.5 Å². The minimum atomic E-state index is 0.354. The van der Waals surface area contributed by atoms with Crippen LogP contribution in [0.3, 0.4) is 0 Å². The molecule has 0 aliphatic heterocycles. The maximum Gasteiger partial charge on any atom is 0.151 e. The number of fused-ring (bicyclic) bond motifs is 1. The Morgan fingerprint density at radius 1 is 1.31 bits per heavy atom. The van der Waals surface area contributed by atoms with Crippen molar-refractivity contribution in [3.63, 3.8) is 0 Å². The molecule has 0 radical (unpaired) electrons. The molecule has 0 saturated heterocycles. The first-order valence-electron chi connectivity index (χ1n) is 3.61. The lowest BCUT2D eigenvalue weighted by molar-refractivity contribution is 1.19. The van der Waals surface area contributed by atoms with Crippen molar-refractivity contribution < 1.29 is 0 Å². The van der Waals surface area contributed by atoms with Crippen LogP contribution in [0, 0.1) is 11.3 Å². The van der Waals surface area contributed by atoms with Gasteiger partial charge < -0.3 is 0 Å². The van der Waals surface area contributed by atoms with Crippen LogP contribution < -0.4 is 0 Å². The van der Waals surface area contributed by atoms with Crippen LogP contribution in [0.15, 0.2) is 24.5 Å². The van der Waals surface area contributed by atoms with Crippen molar-refractivity contribution in [3.8, 4) is 6.07 Å². The smallest absolute Gasteiger partial charge is 0.151 e. The monoisotopic (exact) mass is 189 g/mol. The third kappa shape index (κ3) is 1.32. The van der Waals surface area contributed by atoms with Gasteiger partial charge in [-0.2, -0.15) is 5.26 Å². The first-order chi connectivity index (χ1) is 6.31. The molecule has 0 fully saturated rings. The predicted octanol–water partition coefficient (Wildman–Crippen LogP) is 2.15. The van der Waals surface area contributed by atoms with Crippen LogP contribution >= 0.6 is 11.6 Å². The molecule has 13 heavy (non-hydrogen) atoms. The van der Waals surface area contributed by atoms with Gasteiger partial charge in [-0.15, -0.1) is 0 Å². The molecule has 0 saturated carbocycles. The fourth-order valence-corrected chi connectivity index (χ4v) is 1.29. The number of halogens is 1. The molecule has 62 valence electrons. The minimum Gasteiger partial charge on any atom is -0.236 e. The van der Waals surface area contributed by atoms with Gasteiger partial charge in [-0.05, 0) is 18.2 Å². The molecular formula is C9H4ClN3. The van der Waals surface area contributed by atoms with E-state index in [1.165, 1.54) is 6.33 Å². The van der Waals surface area contributed by atoms with Crippen molar-refractivity contribution in [3.05, 3.63) is 35.2 Å². The molecule has 0 bridgehead atoms. The molecule has 0 unspecified atom stereocenters. The lowest BCUT2D eigenvalue weighted by atomic mass is 10.2. The van der Waals surface area contributed by atoms with Gasteiger partial charge in [0.15, 0.2) is 5.69 Å². The summed E-state index contributed by atoms with van der Waals surface area (Å²) in [6, 6.07) is 7.18. The van der Waals surface area contributed by atoms with E-state index in [-0.39, 0.29) is 0 Å². The summed E-state index contributed by atoms with van der Waals surface area (Å²) in [6.45, 7) is 0. The van der Waals surface area contributed by atoms with Crippen LogP contribution in [0.2, 0.25) is 5.02 Å². The van der Waals surface area contributed by atoms with E-state index in [0.29, 0.717) is 16.1 Å². The molecule has 0 aliphatic carbocycles. The van der Waals surface area contributed by atoms with Crippen molar-refractivity contribution in [1.29, 1.82) is 5.26 Å². The number of hydrogen-bond acceptors (Lipinski definition) is 3. The predicted molar refractivity (Wildman–Crippen MR) is 49.3 cm³/mol. The second kappa shape index (κ2) is 3.00. The SMILES string of the molecule is N#Cc1ncnc2ccc(Cl)cc12. The van der Waals surface area contributed by atoms with Crippen LogP contribution in [0.5, 0.6) is 0 Å². The summed E-state index contributed by atoms with van der Waals surface area (Å²) in [5.41, 5.74) is 1.09. The number of benzene rings is 1. The maximum atomic E-state index is 8.74. The largest absolute Gasteiger partial charge is 0.236 e. The third-order valence-electron chi connectivity index (χ3n) is 1.70. The van der Waals surface area contributed by atoms with Crippen molar-refractivity contribution in [2.75, 3.05) is 0 Å². The topological polar surface area (TPSA) is 49.6 Å². The summed E-state index contributed by atoms with van der Waals surface area (Å²) in [5, 5.41) is 10.0. The lowest BCUT2D eigenvalue weighted by Crippen LogP contribution is -1.87. The number of nitrogens with zero attached hydrogens (tertiary/aromatic N) is 3. The van der Waals surface area contributed by atoms with E-state index in [0.717, 1.165) is 5.52 Å². The van der Waals surface area contributed by atoms with Crippen LogP contribution in [0.4, 0.5) is 0 Å². The van der Waals surface area contributed by atoms with E-state index in [9.17, 15) is 0 Å². The summed E-state index contributed by atoms with van der Waals surface area (Å²) >= 11 is 5.78. The Bertz CT molecular complexity index is 502. The average Bonchev–Trinajstić information content (AvgIpc) is 2.17. The van der Waals surface area contributed by atoms with E-state index < -0.39 is 0 Å². The Morgan fingerprint density at radius 2 is 2.15 bits per heavy atom. The van der Waals surface area contributed by atoms with Crippen LogP contribution in [0.25, 0.3) is 10.9 Å². The normalized spacial score (nSPS) is 9.85. The van der Waals surface area contributed by atoms with Crippen molar-refractivity contribution in [1.82, 2.24) is 9.97 Å². The lowest BCUT2D eigenvalue weighted by Gasteiger charge is -1.97. The second-order valence-electron chi connectivity index (χ2n) is 2.50. The van der Waals surface area contributed by atoms with Crippen LogP contribution in [-0.4, -0.2) is 9.97 Å². The van der Waals surface area contributed by atoms with E-state index in [1.54, 1.807) is 18.2 Å². The number of rotatable bonds is 0. The standard InChI is InChI=1S/C9H4ClN3/c10-6-1-2-8-7(3-6)9(4-11)13-5-12-8/h1-3,5H. The van der Waals surface area contributed by atoms with E-state index in [1.807, 2.05) is 6.07 Å². The summed E-state index contributed by atoms with van der Waals surface area (Å²) in [4.78, 5) is 7.85. The molecule has 3 nitrogen and oxygen atoms in total. The van der Waals surface area contributed by atoms with E-state index >= 15 is 0 Å². The molecule has 0 spiro atoms. The third-order valence-corrected chi connectivity index (χ3v) is 1.94. The van der Waals surface area contributed by atoms with E-state index in [2.05, 4.69) is 9.97 Å². The zero-order valence-electron chi connectivity index (χ0n) is 6.53. The summed E-state index contributed by atoms with van der Waals surface area (Å²) < 4.78 is 0. The van der Waals surface area contributed by atoms with Crippen molar-refractivity contribution in [2.45, 2.75) is 0 Å². The van der Waals surface area contributed by atoms with Gasteiger partial charge >= 0.3 is 0 Å². The molecule has 1 aromatic heterocycles. The average molecular weight is 190 g/mol. The fourth-order valence-electron chi connectivity index (χ4n) is 1.12. The molecule has 0 amide bonds. The molecule has 0 atom stereocenters. The summed E-state index contributed by atoms with van der Waals surface area (Å²) in [6.07, 6.45) is 1.37. The van der Waals surface area contributed by atoms with Crippen LogP contribution in [0.1, 0.15) is 5.69 Å². The quantitative estimate of drug-likeness (QED) is 0.638. The van der Waals surface area contributed by atoms with Crippen LogP contribution in [-0.2, 0) is 0 Å². The van der Waals surface area contributed by atoms with Crippen molar-refractivity contribution in [2.24, 2.45) is 0 Å². The molecule has 1 heterocycles. The number of aromatic nitrogens is 2. The molecule has 4 heteroatoms. The molecular weight excluding hydrogens is 186 g/mol. The Kier molecular flexibility index (Phi) is 1.84. The molecule has 2 aromatic rings. The molecule has 1 aromatic carbocycles. The van der Waals surface area contributed by atoms with Gasteiger partial charge in [-0.25, -0.2) is 9.97 Å². The highest BCUT2D eigenvalue weighted by Crippen LogP contribution is 2.18. The number of hydrogen-bond donors (Lipinski definition) is 0. The highest BCUT2D eigenvalue weighted by molar-refractivity contribution is 6.31. The first-order valence-corrected chi connectivity index (χ1v) is 3.99. The second-order valence-corrected chi connectivity index (χ2v) is 2.93. The van der Waals surface area contributed by atoms with Gasteiger partial charge in [-0.3, -0.25) is 0 Å². The van der Waals surface area contributed by atoms with E-state index in [4.69, 9.17) is 16.9 Å². The maximum absolute atomic E-state index is 8.74. The Morgan fingerprint density at radius 3 is 2.92 bits per heavy atom. The van der Waals surface area contributed by atoms with Gasteiger partial charge in [0.05, 0.1) is 5.52 Å². The van der Waals surface area contributed by atoms with Gasteiger partial charge in [0.1, 0.15) is 12.4 Å².